The number of aliphatic imine (C=N–C) groups is 1. The van der Waals surface area contributed by atoms with E-state index in [0.29, 0.717) is 13.1 Å². The summed E-state index contributed by atoms with van der Waals surface area (Å²) in [5.41, 5.74) is 21.7. The second-order valence-electron chi connectivity index (χ2n) is 11.6. The summed E-state index contributed by atoms with van der Waals surface area (Å²) < 4.78 is 0. The minimum Gasteiger partial charge on any atom is -0.330 e. The van der Waals surface area contributed by atoms with Crippen molar-refractivity contribution in [1.29, 1.82) is 0 Å². The van der Waals surface area contributed by atoms with Crippen LogP contribution in [0, 0.1) is 24.7 Å². The number of hydrogen-bond donors (Lipinski definition) is 5. The van der Waals surface area contributed by atoms with Crippen molar-refractivity contribution in [1.82, 2.24) is 30.8 Å². The largest absolute Gasteiger partial charge is 0.330 e. The van der Waals surface area contributed by atoms with Gasteiger partial charge in [-0.05, 0) is 94.5 Å². The molecule has 0 fully saturated rings. The van der Waals surface area contributed by atoms with E-state index in [0.717, 1.165) is 80.0 Å². The summed E-state index contributed by atoms with van der Waals surface area (Å²) in [7, 11) is 0. The minimum absolute atomic E-state index is 0.715. The van der Waals surface area contributed by atoms with E-state index in [9.17, 15) is 0 Å². The zero-order valence-electron chi connectivity index (χ0n) is 27.7. The van der Waals surface area contributed by atoms with Crippen LogP contribution in [0.5, 0.6) is 0 Å². The topological polar surface area (TPSA) is 174 Å². The molecule has 0 aromatic carbocycles. The van der Waals surface area contributed by atoms with E-state index < -0.39 is 0 Å². The van der Waals surface area contributed by atoms with Crippen molar-refractivity contribution >= 4 is 6.21 Å². The molecule has 10 nitrogen and oxygen atoms in total. The third-order valence-corrected chi connectivity index (χ3v) is 4.08. The maximum atomic E-state index is 5.37. The van der Waals surface area contributed by atoms with Crippen molar-refractivity contribution in [2.75, 3.05) is 26.2 Å². The summed E-state index contributed by atoms with van der Waals surface area (Å²) in [6, 6.07) is 0. The van der Waals surface area contributed by atoms with Gasteiger partial charge in [0.05, 0.1) is 29.8 Å². The highest BCUT2D eigenvalue weighted by atomic mass is 15.3. The SMILES string of the molecule is CC(C)C.CC(C)C.CC(C)C.CC1=C(CCN)C=NC1.Cc1n[nH]nc1CCCN.NCCCc1cn[nH]n1. The van der Waals surface area contributed by atoms with E-state index in [-0.39, 0.29) is 0 Å². The lowest BCUT2D eigenvalue weighted by Gasteiger charge is -1.95. The molecule has 3 heterocycles. The fourth-order valence-corrected chi connectivity index (χ4v) is 2.38. The Bertz CT molecular complexity index is 799. The number of aromatic nitrogens is 6. The van der Waals surface area contributed by atoms with E-state index in [4.69, 9.17) is 17.2 Å². The first-order chi connectivity index (χ1) is 18.8. The maximum Gasteiger partial charge on any atom is 0.0854 e. The van der Waals surface area contributed by atoms with E-state index in [1.54, 1.807) is 6.20 Å². The lowest BCUT2D eigenvalue weighted by Crippen LogP contribution is -2.01. The summed E-state index contributed by atoms with van der Waals surface area (Å²) in [5.74, 6) is 2.50. The summed E-state index contributed by atoms with van der Waals surface area (Å²) >= 11 is 0. The van der Waals surface area contributed by atoms with E-state index in [1.165, 1.54) is 11.1 Å². The Morgan fingerprint density at radius 2 is 1.23 bits per heavy atom. The van der Waals surface area contributed by atoms with Gasteiger partial charge in [0.2, 0.25) is 0 Å². The smallest absolute Gasteiger partial charge is 0.0854 e. The Kier molecular flexibility index (Phi) is 31.1. The van der Waals surface area contributed by atoms with Crippen LogP contribution in [-0.4, -0.2) is 63.2 Å². The van der Waals surface area contributed by atoms with Crippen LogP contribution < -0.4 is 17.2 Å². The Balaban J connectivity index is -0.000000431. The first-order valence-electron chi connectivity index (χ1n) is 14.8. The summed E-state index contributed by atoms with van der Waals surface area (Å²) in [6.45, 7) is 26.6. The van der Waals surface area contributed by atoms with Crippen LogP contribution in [0.15, 0.2) is 22.3 Å². The standard InChI is InChI=1S/C7H12N2.C6H12N4.C5H10N4.3C4H10/c1-6-4-9-5-7(6)2-3-8;1-5-6(3-2-4-7)9-10-8-5;6-3-1-2-5-4-7-9-8-5;3*1-4(2)3/h5H,2-4,8H2,1H3;2-4,7H2,1H3,(H,8,9,10);4H,1-3,6H2,(H,7,8,9);3*4H,1-3H3. The molecule has 40 heavy (non-hydrogen) atoms. The lowest BCUT2D eigenvalue weighted by atomic mass is 10.1. The molecule has 2 aromatic heterocycles. The van der Waals surface area contributed by atoms with Gasteiger partial charge in [0.1, 0.15) is 0 Å². The van der Waals surface area contributed by atoms with Gasteiger partial charge in [0.15, 0.2) is 0 Å². The Hall–Kier alpha value is -2.43. The van der Waals surface area contributed by atoms with Gasteiger partial charge in [-0.3, -0.25) is 4.99 Å². The van der Waals surface area contributed by atoms with Gasteiger partial charge < -0.3 is 17.2 Å². The van der Waals surface area contributed by atoms with Crippen LogP contribution in [0.2, 0.25) is 0 Å². The van der Waals surface area contributed by atoms with Gasteiger partial charge in [0, 0.05) is 6.21 Å². The molecule has 8 N–H and O–H groups in total. The molecule has 0 saturated heterocycles. The fourth-order valence-electron chi connectivity index (χ4n) is 2.38. The molecule has 0 spiro atoms. The van der Waals surface area contributed by atoms with E-state index in [2.05, 4.69) is 105 Å². The average Bonchev–Trinajstić information content (AvgIpc) is 3.60. The van der Waals surface area contributed by atoms with Gasteiger partial charge in [-0.2, -0.15) is 30.8 Å². The molecule has 234 valence electrons. The monoisotopic (exact) mass is 565 g/mol. The Morgan fingerprint density at radius 1 is 0.700 bits per heavy atom. The van der Waals surface area contributed by atoms with Gasteiger partial charge in [0.25, 0.3) is 0 Å². The van der Waals surface area contributed by atoms with Crippen LogP contribution in [0.1, 0.15) is 106 Å². The predicted octanol–water partition coefficient (Wildman–Crippen LogP) is 5.42. The highest BCUT2D eigenvalue weighted by Crippen LogP contribution is 2.11. The molecule has 1 aliphatic rings. The Labute approximate surface area is 245 Å². The second kappa shape index (κ2) is 29.6. The molecule has 2 aromatic rings. The number of aryl methyl sites for hydroxylation is 3. The predicted molar refractivity (Wildman–Crippen MR) is 174 cm³/mol. The number of H-pyrrole nitrogens is 2. The van der Waals surface area contributed by atoms with Crippen LogP contribution in [0.4, 0.5) is 0 Å². The van der Waals surface area contributed by atoms with Gasteiger partial charge in [-0.25, -0.2) is 0 Å². The zero-order valence-corrected chi connectivity index (χ0v) is 27.7. The highest BCUT2D eigenvalue weighted by molar-refractivity contribution is 5.82. The van der Waals surface area contributed by atoms with E-state index >= 15 is 0 Å². The normalized spacial score (nSPS) is 11.4. The number of nitrogens with two attached hydrogens (primary N) is 3. The van der Waals surface area contributed by atoms with Crippen molar-refractivity contribution in [3.05, 3.63) is 34.4 Å². The minimum atomic E-state index is 0.715. The maximum absolute atomic E-state index is 5.37. The Morgan fingerprint density at radius 3 is 1.57 bits per heavy atom. The molecule has 0 atom stereocenters. The van der Waals surface area contributed by atoms with Crippen molar-refractivity contribution in [2.24, 2.45) is 39.9 Å². The molecular weight excluding hydrogens is 500 g/mol. The van der Waals surface area contributed by atoms with Crippen molar-refractivity contribution in [3.8, 4) is 0 Å². The molecule has 0 unspecified atom stereocenters. The number of rotatable bonds is 8. The molecule has 0 saturated carbocycles. The number of nitrogens with one attached hydrogen (secondary N) is 2. The van der Waals surface area contributed by atoms with Crippen LogP contribution in [0.3, 0.4) is 0 Å². The van der Waals surface area contributed by atoms with Crippen molar-refractivity contribution in [2.45, 2.75) is 108 Å². The van der Waals surface area contributed by atoms with Crippen LogP contribution in [0.25, 0.3) is 0 Å². The van der Waals surface area contributed by atoms with Crippen molar-refractivity contribution < 1.29 is 0 Å². The second-order valence-corrected chi connectivity index (χ2v) is 11.6. The van der Waals surface area contributed by atoms with Gasteiger partial charge in [-0.15, -0.1) is 0 Å². The van der Waals surface area contributed by atoms with Crippen molar-refractivity contribution in [3.63, 3.8) is 0 Å². The summed E-state index contributed by atoms with van der Waals surface area (Å²) in [5, 5.41) is 20.5. The van der Waals surface area contributed by atoms with E-state index in [1.807, 2.05) is 13.1 Å². The molecule has 0 amide bonds. The van der Waals surface area contributed by atoms with Gasteiger partial charge in [-0.1, -0.05) is 62.3 Å². The molecular formula is C30H64N10. The first kappa shape index (κ1) is 42.0. The summed E-state index contributed by atoms with van der Waals surface area (Å²) in [4.78, 5) is 4.11. The number of nitrogens with zero attached hydrogens (tertiary/aromatic N) is 5. The molecule has 0 aliphatic carbocycles. The average molecular weight is 565 g/mol. The molecule has 0 bridgehead atoms. The fraction of sp³-hybridized carbons (Fsp3) is 0.767. The third kappa shape index (κ3) is 33.6. The number of hydrogen-bond acceptors (Lipinski definition) is 8. The third-order valence-electron chi connectivity index (χ3n) is 4.08. The molecule has 3 rings (SSSR count). The zero-order chi connectivity index (χ0) is 31.3. The number of aromatic amines is 2. The highest BCUT2D eigenvalue weighted by Gasteiger charge is 2.03. The summed E-state index contributed by atoms with van der Waals surface area (Å²) in [6.07, 6.45) is 8.44. The van der Waals surface area contributed by atoms with Gasteiger partial charge >= 0.3 is 0 Å². The molecule has 1 aliphatic heterocycles. The first-order valence-corrected chi connectivity index (χ1v) is 14.8. The van der Waals surface area contributed by atoms with Crippen LogP contribution >= 0.6 is 0 Å². The molecule has 0 radical (unpaired) electrons. The van der Waals surface area contributed by atoms with Crippen LogP contribution in [-0.2, 0) is 12.8 Å². The quantitative estimate of drug-likeness (QED) is 0.284. The lowest BCUT2D eigenvalue weighted by molar-refractivity contribution is 0.736. The molecule has 10 heteroatoms.